The van der Waals surface area contributed by atoms with Gasteiger partial charge in [-0.15, -0.1) is 0 Å². The predicted octanol–water partition coefficient (Wildman–Crippen LogP) is 2.78. The number of nitro groups is 1. The van der Waals surface area contributed by atoms with Gasteiger partial charge >= 0.3 is 0 Å². The number of halogens is 2. The van der Waals surface area contributed by atoms with Crippen LogP contribution in [0.4, 0.5) is 5.69 Å². The molecule has 0 saturated heterocycles. The van der Waals surface area contributed by atoms with Gasteiger partial charge in [-0.05, 0) is 18.2 Å². The maximum atomic E-state index is 11.9. The van der Waals surface area contributed by atoms with Crippen molar-refractivity contribution in [3.05, 3.63) is 73.8 Å². The van der Waals surface area contributed by atoms with Crippen molar-refractivity contribution in [2.45, 2.75) is 0 Å². The van der Waals surface area contributed by atoms with E-state index in [1.807, 2.05) is 0 Å². The summed E-state index contributed by atoms with van der Waals surface area (Å²) in [6.07, 6.45) is 1.26. The Kier molecular flexibility index (Phi) is 6.65. The Labute approximate surface area is 157 Å². The van der Waals surface area contributed by atoms with E-state index in [1.54, 1.807) is 6.07 Å². The normalized spacial score (nSPS) is 10.5. The maximum Gasteiger partial charge on any atom is 0.270 e. The molecule has 2 amide bonds. The lowest BCUT2D eigenvalue weighted by atomic mass is 10.2. The van der Waals surface area contributed by atoms with Gasteiger partial charge in [0.1, 0.15) is 0 Å². The summed E-state index contributed by atoms with van der Waals surface area (Å²) in [6.45, 7) is -0.314. The standard InChI is InChI=1S/C16H12Cl2N4O4/c17-13-5-4-11(7-14(13)18)16(24)19-9-15(23)21-20-8-10-2-1-3-12(6-10)22(25)26/h1-8H,9H2,(H,19,24)(H,21,23)/b20-8+. The summed E-state index contributed by atoms with van der Waals surface area (Å²) in [5, 5.41) is 17.3. The van der Waals surface area contributed by atoms with E-state index < -0.39 is 16.7 Å². The van der Waals surface area contributed by atoms with E-state index in [1.165, 1.54) is 42.6 Å². The number of benzene rings is 2. The molecule has 0 aromatic heterocycles. The number of amides is 2. The lowest BCUT2D eigenvalue weighted by Crippen LogP contribution is -2.34. The van der Waals surface area contributed by atoms with Crippen LogP contribution in [0.2, 0.25) is 10.0 Å². The highest BCUT2D eigenvalue weighted by Gasteiger charge is 2.09. The van der Waals surface area contributed by atoms with Crippen molar-refractivity contribution >= 4 is 46.9 Å². The molecule has 0 unspecified atom stereocenters. The van der Waals surface area contributed by atoms with Crippen LogP contribution >= 0.6 is 23.2 Å². The van der Waals surface area contributed by atoms with Gasteiger partial charge in [0, 0.05) is 23.3 Å². The van der Waals surface area contributed by atoms with Gasteiger partial charge in [-0.3, -0.25) is 19.7 Å². The predicted molar refractivity (Wildman–Crippen MR) is 97.6 cm³/mol. The largest absolute Gasteiger partial charge is 0.343 e. The van der Waals surface area contributed by atoms with E-state index >= 15 is 0 Å². The van der Waals surface area contributed by atoms with E-state index in [0.29, 0.717) is 10.6 Å². The van der Waals surface area contributed by atoms with Crippen LogP contribution in [0.1, 0.15) is 15.9 Å². The third-order valence-electron chi connectivity index (χ3n) is 3.08. The molecule has 0 bridgehead atoms. The summed E-state index contributed by atoms with van der Waals surface area (Å²) >= 11 is 11.6. The van der Waals surface area contributed by atoms with Gasteiger partial charge in [0.2, 0.25) is 0 Å². The van der Waals surface area contributed by atoms with Crippen LogP contribution in [0.3, 0.4) is 0 Å². The number of nitrogens with one attached hydrogen (secondary N) is 2. The summed E-state index contributed by atoms with van der Waals surface area (Å²) in [5.41, 5.74) is 2.82. The highest BCUT2D eigenvalue weighted by atomic mass is 35.5. The second-order valence-electron chi connectivity index (χ2n) is 4.96. The molecule has 0 heterocycles. The lowest BCUT2D eigenvalue weighted by Gasteiger charge is -2.05. The molecule has 0 aliphatic rings. The maximum absolute atomic E-state index is 11.9. The van der Waals surface area contributed by atoms with Gasteiger partial charge < -0.3 is 5.32 Å². The van der Waals surface area contributed by atoms with E-state index in [0.717, 1.165) is 0 Å². The first kappa shape index (κ1) is 19.4. The van der Waals surface area contributed by atoms with E-state index in [2.05, 4.69) is 15.8 Å². The average Bonchev–Trinajstić information content (AvgIpc) is 2.62. The molecule has 2 N–H and O–H groups in total. The fourth-order valence-electron chi connectivity index (χ4n) is 1.84. The second kappa shape index (κ2) is 8.93. The van der Waals surface area contributed by atoms with Gasteiger partial charge in [-0.1, -0.05) is 35.3 Å². The van der Waals surface area contributed by atoms with E-state index in [9.17, 15) is 19.7 Å². The SMILES string of the molecule is O=C(CNC(=O)c1ccc(Cl)c(Cl)c1)N/N=C/c1cccc([N+](=O)[O-])c1. The third-order valence-corrected chi connectivity index (χ3v) is 3.81. The fraction of sp³-hybridized carbons (Fsp3) is 0.0625. The topological polar surface area (TPSA) is 114 Å². The fourth-order valence-corrected chi connectivity index (χ4v) is 2.14. The number of non-ortho nitro benzene ring substituents is 1. The molecule has 0 atom stereocenters. The molecule has 0 aliphatic heterocycles. The summed E-state index contributed by atoms with van der Waals surface area (Å²) in [7, 11) is 0. The van der Waals surface area contributed by atoms with Crippen molar-refractivity contribution in [2.24, 2.45) is 5.10 Å². The van der Waals surface area contributed by atoms with Crippen molar-refractivity contribution in [1.82, 2.24) is 10.7 Å². The van der Waals surface area contributed by atoms with Crippen LogP contribution in [0.15, 0.2) is 47.6 Å². The van der Waals surface area contributed by atoms with Gasteiger partial charge in [-0.25, -0.2) is 5.43 Å². The molecule has 134 valence electrons. The minimum atomic E-state index is -0.569. The van der Waals surface area contributed by atoms with Crippen LogP contribution in [-0.4, -0.2) is 29.5 Å². The Morgan fingerprint density at radius 1 is 1.15 bits per heavy atom. The molecule has 0 radical (unpaired) electrons. The first-order chi connectivity index (χ1) is 12.4. The first-order valence-electron chi connectivity index (χ1n) is 7.16. The van der Waals surface area contributed by atoms with Gasteiger partial charge in [0.05, 0.1) is 27.7 Å². The zero-order valence-corrected chi connectivity index (χ0v) is 14.6. The summed E-state index contributed by atoms with van der Waals surface area (Å²) < 4.78 is 0. The monoisotopic (exact) mass is 394 g/mol. The molecule has 0 fully saturated rings. The first-order valence-corrected chi connectivity index (χ1v) is 7.92. The van der Waals surface area contributed by atoms with Crippen LogP contribution in [0, 0.1) is 10.1 Å². The number of nitro benzene ring substituents is 1. The summed E-state index contributed by atoms with van der Waals surface area (Å²) in [5.74, 6) is -1.07. The number of carbonyl (C=O) groups excluding carboxylic acids is 2. The molecular formula is C16H12Cl2N4O4. The highest BCUT2D eigenvalue weighted by Crippen LogP contribution is 2.22. The molecular weight excluding hydrogens is 383 g/mol. The van der Waals surface area contributed by atoms with Crippen LogP contribution in [0.25, 0.3) is 0 Å². The number of rotatable bonds is 6. The minimum Gasteiger partial charge on any atom is -0.343 e. The van der Waals surface area contributed by atoms with Crippen molar-refractivity contribution in [3.8, 4) is 0 Å². The third kappa shape index (κ3) is 5.54. The molecule has 10 heteroatoms. The Balaban J connectivity index is 1.85. The Hall–Kier alpha value is -2.97. The van der Waals surface area contributed by atoms with E-state index in [-0.39, 0.29) is 22.8 Å². The quantitative estimate of drug-likeness (QED) is 0.445. The van der Waals surface area contributed by atoms with Gasteiger partial charge in [-0.2, -0.15) is 5.10 Å². The van der Waals surface area contributed by atoms with Crippen LogP contribution < -0.4 is 10.7 Å². The smallest absolute Gasteiger partial charge is 0.270 e. The number of hydrazone groups is 1. The van der Waals surface area contributed by atoms with Gasteiger partial charge in [0.15, 0.2) is 0 Å². The van der Waals surface area contributed by atoms with Crippen molar-refractivity contribution in [2.75, 3.05) is 6.54 Å². The average molecular weight is 395 g/mol. The Morgan fingerprint density at radius 3 is 2.62 bits per heavy atom. The second-order valence-corrected chi connectivity index (χ2v) is 5.77. The van der Waals surface area contributed by atoms with Crippen molar-refractivity contribution in [1.29, 1.82) is 0 Å². The Morgan fingerprint density at radius 2 is 1.92 bits per heavy atom. The number of hydrogen-bond acceptors (Lipinski definition) is 5. The molecule has 0 saturated carbocycles. The molecule has 0 aliphatic carbocycles. The summed E-state index contributed by atoms with van der Waals surface area (Å²) in [4.78, 5) is 33.7. The van der Waals surface area contributed by atoms with Gasteiger partial charge in [0.25, 0.3) is 17.5 Å². The molecule has 2 aromatic rings. The van der Waals surface area contributed by atoms with E-state index in [4.69, 9.17) is 23.2 Å². The number of nitrogens with zero attached hydrogens (tertiary/aromatic N) is 2. The highest BCUT2D eigenvalue weighted by molar-refractivity contribution is 6.42. The zero-order valence-electron chi connectivity index (χ0n) is 13.1. The minimum absolute atomic E-state index is 0.0887. The summed E-state index contributed by atoms with van der Waals surface area (Å²) in [6, 6.07) is 10.1. The van der Waals surface area contributed by atoms with Crippen LogP contribution in [0.5, 0.6) is 0 Å². The number of carbonyl (C=O) groups is 2. The lowest BCUT2D eigenvalue weighted by molar-refractivity contribution is -0.384. The molecule has 26 heavy (non-hydrogen) atoms. The van der Waals surface area contributed by atoms with Crippen molar-refractivity contribution in [3.63, 3.8) is 0 Å². The van der Waals surface area contributed by atoms with Crippen molar-refractivity contribution < 1.29 is 14.5 Å². The Bertz CT molecular complexity index is 886. The zero-order chi connectivity index (χ0) is 19.1. The molecule has 2 rings (SSSR count). The molecule has 2 aromatic carbocycles. The van der Waals surface area contributed by atoms with Crippen LogP contribution in [-0.2, 0) is 4.79 Å². The number of hydrogen-bond donors (Lipinski definition) is 2. The molecule has 0 spiro atoms. The molecule has 8 nitrogen and oxygen atoms in total.